The van der Waals surface area contributed by atoms with Gasteiger partial charge in [0.25, 0.3) is 5.91 Å². The highest BCUT2D eigenvalue weighted by atomic mass is 16.3. The molecule has 180 valence electrons. The fourth-order valence-corrected chi connectivity index (χ4v) is 4.56. The van der Waals surface area contributed by atoms with E-state index < -0.39 is 0 Å². The number of nitrogen functional groups attached to an aromatic ring is 1. The average molecular weight is 462 g/mol. The molecule has 1 saturated carbocycles. The number of amides is 1. The molecule has 7 nitrogen and oxygen atoms in total. The zero-order chi connectivity index (χ0) is 23.9. The minimum atomic E-state index is -0.0475. The number of fused-ring (bicyclic) bond motifs is 1. The van der Waals surface area contributed by atoms with Crippen molar-refractivity contribution in [2.45, 2.75) is 38.6 Å². The maximum atomic E-state index is 12.6. The number of carbonyl (C=O) groups is 1. The molecule has 1 unspecified atom stereocenters. The summed E-state index contributed by atoms with van der Waals surface area (Å²) in [5.74, 6) is 0.945. The van der Waals surface area contributed by atoms with Crippen molar-refractivity contribution in [3.63, 3.8) is 0 Å². The normalized spacial score (nSPS) is 18.1. The van der Waals surface area contributed by atoms with Gasteiger partial charge in [-0.1, -0.05) is 35.9 Å². The highest BCUT2D eigenvalue weighted by Gasteiger charge is 2.21. The van der Waals surface area contributed by atoms with E-state index in [0.29, 0.717) is 24.0 Å². The Morgan fingerprint density at radius 3 is 2.97 bits per heavy atom. The molecule has 2 atom stereocenters. The summed E-state index contributed by atoms with van der Waals surface area (Å²) in [5, 5.41) is 13.9. The van der Waals surface area contributed by atoms with Crippen LogP contribution in [-0.2, 0) is 6.42 Å². The van der Waals surface area contributed by atoms with Gasteiger partial charge in [-0.25, -0.2) is 4.98 Å². The fourth-order valence-electron chi connectivity index (χ4n) is 4.56. The standard InChI is InChI=1S/C27H35N5O2/c1-19(18-33)32(13-11-21-8-9-26(28)29-16-21)12-10-20-6-7-22(14-20)17-30-27(34)25-15-23-4-2-3-5-24(23)31-25/h2-5,8-10,15-16,19,22,31,33H,6-7,11-14,17-18H2,1H3,(H2,28,29)(H,30,34)/b20-10+/t19-,22?/m0/s1. The van der Waals surface area contributed by atoms with E-state index in [1.54, 1.807) is 0 Å². The highest BCUT2D eigenvalue weighted by Crippen LogP contribution is 2.30. The van der Waals surface area contributed by atoms with Gasteiger partial charge in [0.2, 0.25) is 0 Å². The van der Waals surface area contributed by atoms with E-state index in [1.807, 2.05) is 48.7 Å². The molecule has 0 saturated heterocycles. The van der Waals surface area contributed by atoms with E-state index in [9.17, 15) is 9.90 Å². The van der Waals surface area contributed by atoms with Gasteiger partial charge in [-0.2, -0.15) is 0 Å². The predicted octanol–water partition coefficient (Wildman–Crippen LogP) is 3.53. The lowest BCUT2D eigenvalue weighted by Gasteiger charge is -2.27. The van der Waals surface area contributed by atoms with Crippen LogP contribution in [0.3, 0.4) is 0 Å². The zero-order valence-electron chi connectivity index (χ0n) is 19.8. The van der Waals surface area contributed by atoms with Crippen LogP contribution in [0.5, 0.6) is 0 Å². The summed E-state index contributed by atoms with van der Waals surface area (Å²) in [6, 6.07) is 13.7. The number of hydrogen-bond acceptors (Lipinski definition) is 5. The number of aliphatic hydroxyl groups is 1. The van der Waals surface area contributed by atoms with Gasteiger partial charge >= 0.3 is 0 Å². The molecule has 2 heterocycles. The molecule has 4 rings (SSSR count). The minimum Gasteiger partial charge on any atom is -0.395 e. The first kappa shape index (κ1) is 24.0. The number of aromatic amines is 1. The van der Waals surface area contributed by atoms with Crippen LogP contribution in [0.25, 0.3) is 10.9 Å². The number of hydrogen-bond donors (Lipinski definition) is 4. The molecular formula is C27H35N5O2. The Morgan fingerprint density at radius 2 is 2.21 bits per heavy atom. The highest BCUT2D eigenvalue weighted by molar-refractivity contribution is 5.97. The first-order valence-corrected chi connectivity index (χ1v) is 12.1. The number of aliphatic hydroxyl groups excluding tert-OH is 1. The van der Waals surface area contributed by atoms with Crippen LogP contribution >= 0.6 is 0 Å². The van der Waals surface area contributed by atoms with Crippen molar-refractivity contribution in [1.29, 1.82) is 0 Å². The molecule has 0 bridgehead atoms. The lowest BCUT2D eigenvalue weighted by Crippen LogP contribution is -2.37. The number of H-pyrrole nitrogens is 1. The lowest BCUT2D eigenvalue weighted by atomic mass is 10.1. The van der Waals surface area contributed by atoms with Crippen molar-refractivity contribution >= 4 is 22.6 Å². The maximum absolute atomic E-state index is 12.6. The van der Waals surface area contributed by atoms with E-state index >= 15 is 0 Å². The summed E-state index contributed by atoms with van der Waals surface area (Å²) in [7, 11) is 0. The van der Waals surface area contributed by atoms with Crippen molar-refractivity contribution in [2.24, 2.45) is 5.92 Å². The quantitative estimate of drug-likeness (QED) is 0.346. The Kier molecular flexibility index (Phi) is 7.98. The van der Waals surface area contributed by atoms with Gasteiger partial charge < -0.3 is 21.1 Å². The summed E-state index contributed by atoms with van der Waals surface area (Å²) in [4.78, 5) is 22.2. The summed E-state index contributed by atoms with van der Waals surface area (Å²) < 4.78 is 0. The Bertz CT molecular complexity index is 1090. The van der Waals surface area contributed by atoms with Gasteiger partial charge in [-0.05, 0) is 62.3 Å². The minimum absolute atomic E-state index is 0.0475. The van der Waals surface area contributed by atoms with E-state index in [4.69, 9.17) is 5.73 Å². The number of rotatable bonds is 10. The third-order valence-corrected chi connectivity index (χ3v) is 6.79. The molecule has 34 heavy (non-hydrogen) atoms. The summed E-state index contributed by atoms with van der Waals surface area (Å²) in [5.41, 5.74) is 9.85. The smallest absolute Gasteiger partial charge is 0.267 e. The number of benzene rings is 1. The number of para-hydroxylation sites is 1. The Balaban J connectivity index is 1.26. The van der Waals surface area contributed by atoms with Crippen LogP contribution in [0.4, 0.5) is 5.82 Å². The second-order valence-electron chi connectivity index (χ2n) is 9.32. The molecule has 1 aliphatic rings. The van der Waals surface area contributed by atoms with Crippen molar-refractivity contribution in [3.05, 3.63) is 71.6 Å². The number of pyridine rings is 1. The topological polar surface area (TPSA) is 107 Å². The number of nitrogens with two attached hydrogens (primary N) is 1. The molecule has 2 aromatic heterocycles. The Hall–Kier alpha value is -3.16. The first-order valence-electron chi connectivity index (χ1n) is 12.1. The van der Waals surface area contributed by atoms with Gasteiger partial charge in [0, 0.05) is 42.8 Å². The molecule has 1 fully saturated rings. The van der Waals surface area contributed by atoms with E-state index in [1.165, 1.54) is 5.57 Å². The molecule has 5 N–H and O–H groups in total. The predicted molar refractivity (Wildman–Crippen MR) is 137 cm³/mol. The monoisotopic (exact) mass is 461 g/mol. The molecule has 1 aromatic carbocycles. The largest absolute Gasteiger partial charge is 0.395 e. The van der Waals surface area contributed by atoms with Crippen molar-refractivity contribution in [3.8, 4) is 0 Å². The Morgan fingerprint density at radius 1 is 1.35 bits per heavy atom. The number of nitrogens with one attached hydrogen (secondary N) is 2. The van der Waals surface area contributed by atoms with Crippen LogP contribution < -0.4 is 11.1 Å². The third-order valence-electron chi connectivity index (χ3n) is 6.79. The van der Waals surface area contributed by atoms with Gasteiger partial charge in [0.05, 0.1) is 6.61 Å². The van der Waals surface area contributed by atoms with Gasteiger partial charge in [-0.3, -0.25) is 9.69 Å². The zero-order valence-corrected chi connectivity index (χ0v) is 19.8. The van der Waals surface area contributed by atoms with Crippen molar-refractivity contribution < 1.29 is 9.90 Å². The van der Waals surface area contributed by atoms with Crippen molar-refractivity contribution in [2.75, 3.05) is 32.0 Å². The first-order chi connectivity index (χ1) is 16.5. The molecule has 0 radical (unpaired) electrons. The van der Waals surface area contributed by atoms with Crippen molar-refractivity contribution in [1.82, 2.24) is 20.2 Å². The van der Waals surface area contributed by atoms with Crippen LogP contribution in [0.15, 0.2) is 60.3 Å². The summed E-state index contributed by atoms with van der Waals surface area (Å²) in [6.07, 6.45) is 8.16. The third kappa shape index (κ3) is 6.24. The SMILES string of the molecule is C[C@@H](CO)N(C/C=C1\CCC(CNC(=O)c2cc3ccccc3[nH]2)C1)CCc1ccc(N)nc1. The van der Waals surface area contributed by atoms with Crippen LogP contribution in [-0.4, -0.2) is 58.2 Å². The van der Waals surface area contributed by atoms with E-state index in [0.717, 1.165) is 55.2 Å². The maximum Gasteiger partial charge on any atom is 0.267 e. The number of nitrogens with zero attached hydrogens (tertiary/aromatic N) is 2. The molecular weight excluding hydrogens is 426 g/mol. The lowest BCUT2D eigenvalue weighted by molar-refractivity contribution is 0.0943. The van der Waals surface area contributed by atoms with Crippen LogP contribution in [0.2, 0.25) is 0 Å². The van der Waals surface area contributed by atoms with Gasteiger partial charge in [0.1, 0.15) is 11.5 Å². The van der Waals surface area contributed by atoms with Gasteiger partial charge in [0.15, 0.2) is 0 Å². The fraction of sp³-hybridized carbons (Fsp3) is 0.407. The second kappa shape index (κ2) is 11.3. The molecule has 3 aromatic rings. The molecule has 1 aliphatic carbocycles. The second-order valence-corrected chi connectivity index (χ2v) is 9.32. The van der Waals surface area contributed by atoms with Gasteiger partial charge in [-0.15, -0.1) is 0 Å². The number of aromatic nitrogens is 2. The molecule has 0 aliphatic heterocycles. The number of carbonyl (C=O) groups excluding carboxylic acids is 1. The Labute approximate surface area is 201 Å². The molecule has 1 amide bonds. The molecule has 7 heteroatoms. The van der Waals surface area contributed by atoms with E-state index in [-0.39, 0.29) is 18.6 Å². The van der Waals surface area contributed by atoms with Crippen LogP contribution in [0, 0.1) is 5.92 Å². The average Bonchev–Trinajstić information content (AvgIpc) is 3.50. The number of anilines is 1. The van der Waals surface area contributed by atoms with Crippen LogP contribution in [0.1, 0.15) is 42.2 Å². The number of allylic oxidation sites excluding steroid dienone is 1. The van der Waals surface area contributed by atoms with E-state index in [2.05, 4.69) is 33.2 Å². The summed E-state index contributed by atoms with van der Waals surface area (Å²) >= 11 is 0. The molecule has 0 spiro atoms. The summed E-state index contributed by atoms with van der Waals surface area (Å²) in [6.45, 7) is 4.53.